The van der Waals surface area contributed by atoms with Crippen LogP contribution in [-0.4, -0.2) is 24.5 Å². The number of benzene rings is 1. The van der Waals surface area contributed by atoms with E-state index in [1.807, 2.05) is 0 Å². The molecule has 0 heterocycles. The van der Waals surface area contributed by atoms with E-state index in [-0.39, 0.29) is 5.56 Å². The molecule has 0 spiro atoms. The van der Waals surface area contributed by atoms with E-state index in [1.54, 1.807) is 0 Å². The van der Waals surface area contributed by atoms with Crippen molar-refractivity contribution in [3.63, 3.8) is 0 Å². The number of alkyl halides is 3. The van der Waals surface area contributed by atoms with Gasteiger partial charge in [-0.05, 0) is 12.1 Å². The third-order valence-electron chi connectivity index (χ3n) is 1.84. The van der Waals surface area contributed by atoms with Crippen LogP contribution in [0.5, 0.6) is 11.5 Å². The zero-order valence-corrected chi connectivity index (χ0v) is 8.91. The number of carbonyl (C=O) groups is 1. The summed E-state index contributed by atoms with van der Waals surface area (Å²) in [4.78, 5) is 11.1. The predicted octanol–water partition coefficient (Wildman–Crippen LogP) is 1.95. The largest absolute Gasteiger partial charge is 0.573 e. The monoisotopic (exact) mass is 261 g/mol. The summed E-state index contributed by atoms with van der Waals surface area (Å²) in [7, 11) is 1.02. The molecule has 0 radical (unpaired) electrons. The number of phenols is 1. The first-order valence-electron chi connectivity index (χ1n) is 4.39. The van der Waals surface area contributed by atoms with Gasteiger partial charge in [0, 0.05) is 0 Å². The number of carbonyl (C=O) groups excluding carboxylic acids is 1. The zero-order valence-electron chi connectivity index (χ0n) is 8.91. The minimum Gasteiger partial charge on any atom is -0.506 e. The first-order valence-corrected chi connectivity index (χ1v) is 4.39. The van der Waals surface area contributed by atoms with Gasteiger partial charge in [0.2, 0.25) is 0 Å². The maximum atomic E-state index is 12.1. The molecule has 0 aliphatic carbocycles. The normalized spacial score (nSPS) is 10.6. The Kier molecular flexibility index (Phi) is 3.66. The molecular formula is C10H6F3NO4. The Labute approximate surface area is 99.0 Å². The number of rotatable bonds is 2. The molecule has 1 aromatic rings. The molecule has 0 bridgehead atoms. The molecule has 1 rings (SSSR count). The summed E-state index contributed by atoms with van der Waals surface area (Å²) in [6.07, 6.45) is -5.05. The predicted molar refractivity (Wildman–Crippen MR) is 50.8 cm³/mol. The lowest BCUT2D eigenvalue weighted by Gasteiger charge is -2.12. The molecular weight excluding hydrogens is 255 g/mol. The number of ether oxygens (including phenoxy) is 2. The molecule has 0 saturated carbocycles. The van der Waals surface area contributed by atoms with Crippen LogP contribution in [0.3, 0.4) is 0 Å². The molecule has 0 aromatic heterocycles. The maximum absolute atomic E-state index is 12.1. The van der Waals surface area contributed by atoms with Crippen molar-refractivity contribution in [2.75, 3.05) is 7.11 Å². The van der Waals surface area contributed by atoms with E-state index in [0.717, 1.165) is 13.2 Å². The Morgan fingerprint density at radius 2 is 2.06 bits per heavy atom. The van der Waals surface area contributed by atoms with E-state index in [1.165, 1.54) is 6.07 Å². The molecule has 96 valence electrons. The molecule has 0 atom stereocenters. The smallest absolute Gasteiger partial charge is 0.506 e. The van der Waals surface area contributed by atoms with Crippen molar-refractivity contribution in [3.8, 4) is 17.6 Å². The van der Waals surface area contributed by atoms with Crippen LogP contribution in [0.1, 0.15) is 15.9 Å². The maximum Gasteiger partial charge on any atom is 0.573 e. The fourth-order valence-corrected chi connectivity index (χ4v) is 1.15. The second-order valence-corrected chi connectivity index (χ2v) is 3.02. The van der Waals surface area contributed by atoms with Crippen LogP contribution in [0.25, 0.3) is 0 Å². The Morgan fingerprint density at radius 1 is 1.44 bits per heavy atom. The first-order chi connectivity index (χ1) is 8.28. The lowest BCUT2D eigenvalue weighted by Crippen LogP contribution is -2.18. The standard InChI is InChI=1S/C10H6F3NO4/c1-17-9(16)5-2-7(15)6(4-14)8(3-5)18-10(11,12)13/h2-3,15H,1H3. The van der Waals surface area contributed by atoms with Gasteiger partial charge in [-0.25, -0.2) is 4.79 Å². The number of aromatic hydroxyl groups is 1. The number of esters is 1. The number of hydrogen-bond acceptors (Lipinski definition) is 5. The van der Waals surface area contributed by atoms with E-state index in [9.17, 15) is 23.1 Å². The average Bonchev–Trinajstić information content (AvgIpc) is 2.25. The second-order valence-electron chi connectivity index (χ2n) is 3.02. The molecule has 0 amide bonds. The van der Waals surface area contributed by atoms with Gasteiger partial charge in [0.15, 0.2) is 5.75 Å². The molecule has 0 fully saturated rings. The van der Waals surface area contributed by atoms with Gasteiger partial charge in [0.05, 0.1) is 12.7 Å². The summed E-state index contributed by atoms with van der Waals surface area (Å²) in [5, 5.41) is 17.9. The number of halogens is 3. The van der Waals surface area contributed by atoms with Crippen molar-refractivity contribution in [2.24, 2.45) is 0 Å². The number of hydrogen-bond donors (Lipinski definition) is 1. The fraction of sp³-hybridized carbons (Fsp3) is 0.200. The van der Waals surface area contributed by atoms with Gasteiger partial charge in [0.25, 0.3) is 0 Å². The second kappa shape index (κ2) is 4.83. The molecule has 0 aliphatic rings. The summed E-state index contributed by atoms with van der Waals surface area (Å²) in [5.41, 5.74) is -1.09. The highest BCUT2D eigenvalue weighted by molar-refractivity contribution is 5.91. The summed E-state index contributed by atoms with van der Waals surface area (Å²) < 4.78 is 44.1. The lowest BCUT2D eigenvalue weighted by molar-refractivity contribution is -0.274. The van der Waals surface area contributed by atoms with Gasteiger partial charge in [-0.1, -0.05) is 0 Å². The van der Waals surface area contributed by atoms with Crippen LogP contribution in [0.4, 0.5) is 13.2 Å². The summed E-state index contributed by atoms with van der Waals surface area (Å²) in [6, 6.07) is 2.82. The Hall–Kier alpha value is -2.43. The molecule has 0 saturated heterocycles. The van der Waals surface area contributed by atoms with Gasteiger partial charge in [-0.3, -0.25) is 0 Å². The number of nitrogens with zero attached hydrogens (tertiary/aromatic N) is 1. The third-order valence-corrected chi connectivity index (χ3v) is 1.84. The molecule has 1 N–H and O–H groups in total. The number of phenolic OH excluding ortho intramolecular Hbond substituents is 1. The SMILES string of the molecule is COC(=O)c1cc(O)c(C#N)c(OC(F)(F)F)c1. The van der Waals surface area contributed by atoms with Crippen molar-refractivity contribution in [1.82, 2.24) is 0 Å². The highest BCUT2D eigenvalue weighted by atomic mass is 19.4. The highest BCUT2D eigenvalue weighted by Gasteiger charge is 2.33. The summed E-state index contributed by atoms with van der Waals surface area (Å²) in [6.45, 7) is 0. The Morgan fingerprint density at radius 3 is 2.50 bits per heavy atom. The molecule has 0 unspecified atom stereocenters. The van der Waals surface area contributed by atoms with Crippen molar-refractivity contribution in [1.29, 1.82) is 5.26 Å². The van der Waals surface area contributed by atoms with Gasteiger partial charge in [-0.15, -0.1) is 13.2 Å². The van der Waals surface area contributed by atoms with Crippen molar-refractivity contribution in [3.05, 3.63) is 23.3 Å². The molecule has 18 heavy (non-hydrogen) atoms. The first kappa shape index (κ1) is 13.6. The van der Waals surface area contributed by atoms with Gasteiger partial charge < -0.3 is 14.6 Å². The molecule has 5 nitrogen and oxygen atoms in total. The van der Waals surface area contributed by atoms with Crippen LogP contribution >= 0.6 is 0 Å². The Bertz CT molecular complexity index is 519. The quantitative estimate of drug-likeness (QED) is 0.823. The zero-order chi connectivity index (χ0) is 13.9. The van der Waals surface area contributed by atoms with Gasteiger partial charge in [0.1, 0.15) is 17.4 Å². The van der Waals surface area contributed by atoms with Gasteiger partial charge >= 0.3 is 12.3 Å². The van der Waals surface area contributed by atoms with Gasteiger partial charge in [-0.2, -0.15) is 5.26 Å². The topological polar surface area (TPSA) is 79.5 Å². The third kappa shape index (κ3) is 3.04. The lowest BCUT2D eigenvalue weighted by atomic mass is 10.1. The average molecular weight is 261 g/mol. The molecule has 8 heteroatoms. The van der Waals surface area contributed by atoms with E-state index < -0.39 is 29.4 Å². The summed E-state index contributed by atoms with van der Waals surface area (Å²) in [5.74, 6) is -2.74. The van der Waals surface area contributed by atoms with Crippen molar-refractivity contribution < 1.29 is 32.5 Å². The Balaban J connectivity index is 3.33. The molecule has 0 aliphatic heterocycles. The van der Waals surface area contributed by atoms with Crippen LogP contribution < -0.4 is 4.74 Å². The highest BCUT2D eigenvalue weighted by Crippen LogP contribution is 2.33. The van der Waals surface area contributed by atoms with Crippen LogP contribution in [0.2, 0.25) is 0 Å². The number of methoxy groups -OCH3 is 1. The van der Waals surface area contributed by atoms with Crippen molar-refractivity contribution in [2.45, 2.75) is 6.36 Å². The minimum atomic E-state index is -5.05. The summed E-state index contributed by atoms with van der Waals surface area (Å²) >= 11 is 0. The van der Waals surface area contributed by atoms with E-state index >= 15 is 0 Å². The number of nitriles is 1. The van der Waals surface area contributed by atoms with Crippen molar-refractivity contribution >= 4 is 5.97 Å². The minimum absolute atomic E-state index is 0.367. The molecule has 1 aromatic carbocycles. The van der Waals surface area contributed by atoms with Crippen LogP contribution in [0.15, 0.2) is 12.1 Å². The fourth-order valence-electron chi connectivity index (χ4n) is 1.15. The van der Waals surface area contributed by atoms with E-state index in [4.69, 9.17) is 5.26 Å². The van der Waals surface area contributed by atoms with Crippen LogP contribution in [0, 0.1) is 11.3 Å². The van der Waals surface area contributed by atoms with E-state index in [0.29, 0.717) is 6.07 Å². The van der Waals surface area contributed by atoms with Crippen LogP contribution in [-0.2, 0) is 4.74 Å². The van der Waals surface area contributed by atoms with E-state index in [2.05, 4.69) is 9.47 Å².